The topological polar surface area (TPSA) is 25.8 Å². The first-order valence-corrected chi connectivity index (χ1v) is 10.4. The van der Waals surface area contributed by atoms with Crippen molar-refractivity contribution in [3.63, 3.8) is 0 Å². The van der Waals surface area contributed by atoms with Gasteiger partial charge in [0, 0.05) is 22.5 Å². The van der Waals surface area contributed by atoms with Gasteiger partial charge in [-0.05, 0) is 61.1 Å². The van der Waals surface area contributed by atoms with Crippen molar-refractivity contribution in [2.45, 2.75) is 27.7 Å². The summed E-state index contributed by atoms with van der Waals surface area (Å²) in [6.07, 6.45) is 1.96. The van der Waals surface area contributed by atoms with Crippen LogP contribution in [0.25, 0.3) is 44.2 Å². The molecule has 0 fully saturated rings. The second kappa shape index (κ2) is 7.07. The summed E-state index contributed by atoms with van der Waals surface area (Å²) < 4.78 is 0. The Kier molecular flexibility index (Phi) is 4.36. The Morgan fingerprint density at radius 1 is 0.533 bits per heavy atom. The van der Waals surface area contributed by atoms with Crippen LogP contribution >= 0.6 is 0 Å². The predicted molar refractivity (Wildman–Crippen MR) is 127 cm³/mol. The van der Waals surface area contributed by atoms with Gasteiger partial charge in [0.05, 0.1) is 16.7 Å². The molecule has 0 unspecified atom stereocenters. The summed E-state index contributed by atoms with van der Waals surface area (Å²) in [5.41, 5.74) is 11.6. The molecule has 0 N–H and O–H groups in total. The smallest absolute Gasteiger partial charge is 0.0975 e. The molecule has 2 heteroatoms. The van der Waals surface area contributed by atoms with Crippen molar-refractivity contribution in [1.82, 2.24) is 9.97 Å². The molecule has 2 aromatic heterocycles. The molecule has 2 heterocycles. The number of pyridine rings is 2. The third-order valence-electron chi connectivity index (χ3n) is 6.34. The summed E-state index contributed by atoms with van der Waals surface area (Å²) in [4.78, 5) is 9.91. The number of aryl methyl sites for hydroxylation is 3. The number of aromatic nitrogens is 2. The zero-order chi connectivity index (χ0) is 20.8. The van der Waals surface area contributed by atoms with E-state index in [0.717, 1.165) is 22.3 Å². The summed E-state index contributed by atoms with van der Waals surface area (Å²) in [5, 5.41) is 2.36. The normalized spacial score (nSPS) is 11.3. The van der Waals surface area contributed by atoms with Crippen molar-refractivity contribution in [3.05, 3.63) is 95.2 Å². The predicted octanol–water partition coefficient (Wildman–Crippen LogP) is 7.35. The van der Waals surface area contributed by atoms with E-state index in [1.807, 2.05) is 12.3 Å². The van der Waals surface area contributed by atoms with Crippen LogP contribution in [0.15, 0.2) is 72.9 Å². The lowest BCUT2D eigenvalue weighted by Crippen LogP contribution is -1.97. The molecular weight excluding hydrogens is 364 g/mol. The molecule has 3 aromatic carbocycles. The van der Waals surface area contributed by atoms with E-state index in [-0.39, 0.29) is 0 Å². The van der Waals surface area contributed by atoms with Crippen molar-refractivity contribution < 1.29 is 0 Å². The van der Waals surface area contributed by atoms with Crippen molar-refractivity contribution in [2.24, 2.45) is 0 Å². The van der Waals surface area contributed by atoms with Crippen LogP contribution in [0.4, 0.5) is 0 Å². The molecular formula is C28H24N2. The first-order chi connectivity index (χ1) is 14.5. The van der Waals surface area contributed by atoms with E-state index in [9.17, 15) is 0 Å². The Balaban J connectivity index is 1.72. The molecule has 2 nitrogen and oxygen atoms in total. The van der Waals surface area contributed by atoms with Gasteiger partial charge < -0.3 is 0 Å². The van der Waals surface area contributed by atoms with Crippen LogP contribution in [-0.2, 0) is 0 Å². The largest absolute Gasteiger partial charge is 0.254 e. The van der Waals surface area contributed by atoms with Crippen LogP contribution in [-0.4, -0.2) is 9.97 Å². The zero-order valence-corrected chi connectivity index (χ0v) is 17.8. The molecule has 0 saturated carbocycles. The molecule has 0 aliphatic heterocycles. The minimum Gasteiger partial charge on any atom is -0.254 e. The molecule has 146 valence electrons. The molecule has 0 spiro atoms. The van der Waals surface area contributed by atoms with Gasteiger partial charge in [-0.1, -0.05) is 66.7 Å². The summed E-state index contributed by atoms with van der Waals surface area (Å²) in [6, 6.07) is 23.6. The standard InChI is InChI=1S/C28H24N2/c1-17-16-29-27-24(18(17)2)14-15-25-19(3)20(4)26(30-28(25)27)23-12-10-22(11-13-23)21-8-6-5-7-9-21/h5-16H,1-4H3. The van der Waals surface area contributed by atoms with Gasteiger partial charge in [0.1, 0.15) is 0 Å². The first kappa shape index (κ1) is 18.5. The molecule has 0 aliphatic carbocycles. The molecule has 0 radical (unpaired) electrons. The lowest BCUT2D eigenvalue weighted by molar-refractivity contribution is 1.25. The molecule has 0 bridgehead atoms. The van der Waals surface area contributed by atoms with Gasteiger partial charge in [-0.2, -0.15) is 0 Å². The second-order valence-electron chi connectivity index (χ2n) is 8.08. The molecule has 0 atom stereocenters. The van der Waals surface area contributed by atoms with Gasteiger partial charge in [-0.15, -0.1) is 0 Å². The Morgan fingerprint density at radius 2 is 1.13 bits per heavy atom. The number of hydrogen-bond acceptors (Lipinski definition) is 2. The third kappa shape index (κ3) is 2.88. The van der Waals surface area contributed by atoms with Gasteiger partial charge in [0.25, 0.3) is 0 Å². The van der Waals surface area contributed by atoms with E-state index >= 15 is 0 Å². The minimum atomic E-state index is 0.987. The van der Waals surface area contributed by atoms with Crippen LogP contribution in [0.2, 0.25) is 0 Å². The van der Waals surface area contributed by atoms with E-state index in [1.165, 1.54) is 44.2 Å². The SMILES string of the molecule is Cc1cnc2c(ccc3c(C)c(C)c(-c4ccc(-c5ccccc5)cc4)nc32)c1C. The summed E-state index contributed by atoms with van der Waals surface area (Å²) in [5.74, 6) is 0. The number of fused-ring (bicyclic) bond motifs is 3. The van der Waals surface area contributed by atoms with Gasteiger partial charge in [0.15, 0.2) is 0 Å². The molecule has 0 aliphatic rings. The Morgan fingerprint density at radius 3 is 1.83 bits per heavy atom. The van der Waals surface area contributed by atoms with E-state index in [0.29, 0.717) is 0 Å². The maximum Gasteiger partial charge on any atom is 0.0975 e. The van der Waals surface area contributed by atoms with E-state index < -0.39 is 0 Å². The third-order valence-corrected chi connectivity index (χ3v) is 6.34. The minimum absolute atomic E-state index is 0.987. The highest BCUT2D eigenvalue weighted by Crippen LogP contribution is 2.34. The molecule has 5 aromatic rings. The Bertz CT molecular complexity index is 1400. The fourth-order valence-electron chi connectivity index (χ4n) is 4.21. The molecule has 0 amide bonds. The van der Waals surface area contributed by atoms with Crippen molar-refractivity contribution in [3.8, 4) is 22.4 Å². The van der Waals surface area contributed by atoms with Crippen LogP contribution in [0, 0.1) is 27.7 Å². The lowest BCUT2D eigenvalue weighted by atomic mass is 9.95. The van der Waals surface area contributed by atoms with Crippen molar-refractivity contribution in [1.29, 1.82) is 0 Å². The highest BCUT2D eigenvalue weighted by molar-refractivity contribution is 6.06. The Labute approximate surface area is 177 Å². The lowest BCUT2D eigenvalue weighted by Gasteiger charge is -2.14. The summed E-state index contributed by atoms with van der Waals surface area (Å²) >= 11 is 0. The van der Waals surface area contributed by atoms with Gasteiger partial charge >= 0.3 is 0 Å². The second-order valence-corrected chi connectivity index (χ2v) is 8.08. The fraction of sp³-hybridized carbons (Fsp3) is 0.143. The summed E-state index contributed by atoms with van der Waals surface area (Å²) in [6.45, 7) is 8.63. The number of rotatable bonds is 2. The monoisotopic (exact) mass is 388 g/mol. The van der Waals surface area contributed by atoms with Crippen LogP contribution < -0.4 is 0 Å². The Hall–Kier alpha value is -3.52. The van der Waals surface area contributed by atoms with Crippen LogP contribution in [0.1, 0.15) is 22.3 Å². The first-order valence-electron chi connectivity index (χ1n) is 10.4. The van der Waals surface area contributed by atoms with E-state index in [2.05, 4.69) is 88.4 Å². The zero-order valence-electron chi connectivity index (χ0n) is 17.8. The highest BCUT2D eigenvalue weighted by atomic mass is 14.8. The van der Waals surface area contributed by atoms with Crippen molar-refractivity contribution >= 4 is 21.8 Å². The van der Waals surface area contributed by atoms with Gasteiger partial charge in [-0.25, -0.2) is 4.98 Å². The maximum absolute atomic E-state index is 5.14. The quantitative estimate of drug-likeness (QED) is 0.295. The number of hydrogen-bond donors (Lipinski definition) is 0. The number of nitrogens with zero attached hydrogens (tertiary/aromatic N) is 2. The van der Waals surface area contributed by atoms with Crippen molar-refractivity contribution in [2.75, 3.05) is 0 Å². The molecule has 0 saturated heterocycles. The number of benzene rings is 3. The summed E-state index contributed by atoms with van der Waals surface area (Å²) in [7, 11) is 0. The van der Waals surface area contributed by atoms with Gasteiger partial charge in [-0.3, -0.25) is 4.98 Å². The average molecular weight is 389 g/mol. The van der Waals surface area contributed by atoms with Crippen LogP contribution in [0.3, 0.4) is 0 Å². The van der Waals surface area contributed by atoms with E-state index in [1.54, 1.807) is 0 Å². The highest BCUT2D eigenvalue weighted by Gasteiger charge is 2.14. The van der Waals surface area contributed by atoms with E-state index in [4.69, 9.17) is 9.97 Å². The van der Waals surface area contributed by atoms with Gasteiger partial charge in [0.2, 0.25) is 0 Å². The molecule has 5 rings (SSSR count). The maximum atomic E-state index is 5.14. The molecule has 30 heavy (non-hydrogen) atoms. The van der Waals surface area contributed by atoms with Crippen LogP contribution in [0.5, 0.6) is 0 Å². The fourth-order valence-corrected chi connectivity index (χ4v) is 4.21. The average Bonchev–Trinajstić information content (AvgIpc) is 2.79.